The Bertz CT molecular complexity index is 2240. The van der Waals surface area contributed by atoms with E-state index < -0.39 is 120 Å². The summed E-state index contributed by atoms with van der Waals surface area (Å²) >= 11 is 4.27. The maximum Gasteiger partial charge on any atom is 0.326 e. The van der Waals surface area contributed by atoms with E-state index in [1.165, 1.54) is 24.3 Å². The normalized spacial score (nSPS) is 16.1. The number of hydrogen-bond acceptors (Lipinski definition) is 14. The summed E-state index contributed by atoms with van der Waals surface area (Å²) in [4.78, 5) is 135. The SMILES string of the molecule is CC(C)C[C@H](NC(=O)[C@H](Cc1ccccc1)NC(=O)CNC(=O)[C@H](CC(C)C)NC(=O)[C@H](CS)NC(=O)[C@@H]1CCCN1C(=O)[C@H](CC(N)=O)NC(=O)[C@H](Cc1ccc(O)cc1)NC(=O)[C@@H](N)CCCCN)C(=O)O. The highest BCUT2D eigenvalue weighted by Gasteiger charge is 2.40. The fraction of sp³-hybridized carbons (Fsp3) is 0.560. The van der Waals surface area contributed by atoms with Crippen LogP contribution in [0, 0.1) is 11.8 Å². The van der Waals surface area contributed by atoms with E-state index in [4.69, 9.17) is 17.2 Å². The average molecular weight is 1050 g/mol. The molecule has 2 aromatic rings. The molecule has 1 aliphatic rings. The molecule has 1 aliphatic heterocycles. The molecule has 0 saturated carbocycles. The number of nitrogens with one attached hydrogen (secondary N) is 7. The quantitative estimate of drug-likeness (QED) is 0.0306. The number of rotatable bonds is 31. The molecule has 0 radical (unpaired) electrons. The Labute approximate surface area is 436 Å². The molecule has 23 nitrogen and oxygen atoms in total. The van der Waals surface area contributed by atoms with Crippen molar-refractivity contribution >= 4 is 71.8 Å². The van der Waals surface area contributed by atoms with Crippen molar-refractivity contribution in [2.45, 2.75) is 140 Å². The fourth-order valence-corrected chi connectivity index (χ4v) is 8.43. The first-order chi connectivity index (χ1) is 35.0. The summed E-state index contributed by atoms with van der Waals surface area (Å²) in [6.45, 7) is 6.99. The first-order valence-electron chi connectivity index (χ1n) is 24.8. The minimum atomic E-state index is -1.59. The molecule has 0 aromatic heterocycles. The molecule has 1 heterocycles. The molecule has 0 bridgehead atoms. The summed E-state index contributed by atoms with van der Waals surface area (Å²) in [6.07, 6.45) is 1.38. The van der Waals surface area contributed by atoms with Gasteiger partial charge in [-0.05, 0) is 80.2 Å². The summed E-state index contributed by atoms with van der Waals surface area (Å²) < 4.78 is 0. The summed E-state index contributed by atoms with van der Waals surface area (Å²) in [6, 6.07) is 4.51. The van der Waals surface area contributed by atoms with E-state index in [2.05, 4.69) is 49.8 Å². The van der Waals surface area contributed by atoms with E-state index in [0.29, 0.717) is 36.9 Å². The van der Waals surface area contributed by atoms with E-state index >= 15 is 0 Å². The topological polar surface area (TPSA) is 377 Å². The number of hydrogen-bond donors (Lipinski definition) is 13. The summed E-state index contributed by atoms with van der Waals surface area (Å²) in [5.74, 6) is -8.93. The van der Waals surface area contributed by atoms with Gasteiger partial charge in [0.05, 0.1) is 19.0 Å². The van der Waals surface area contributed by atoms with Crippen molar-refractivity contribution in [1.29, 1.82) is 0 Å². The van der Waals surface area contributed by atoms with Crippen LogP contribution in [0.4, 0.5) is 0 Å². The van der Waals surface area contributed by atoms with E-state index in [9.17, 15) is 58.2 Å². The molecule has 0 spiro atoms. The lowest BCUT2D eigenvalue weighted by Crippen LogP contribution is -2.60. The van der Waals surface area contributed by atoms with Gasteiger partial charge in [-0.1, -0.05) is 76.6 Å². The zero-order valence-corrected chi connectivity index (χ0v) is 43.4. The predicted octanol–water partition coefficient (Wildman–Crippen LogP) is -1.37. The zero-order valence-electron chi connectivity index (χ0n) is 42.5. The maximum atomic E-state index is 14.2. The second-order valence-electron chi connectivity index (χ2n) is 19.2. The van der Waals surface area contributed by atoms with Crippen molar-refractivity contribution in [1.82, 2.24) is 42.1 Å². The Balaban J connectivity index is 1.72. The molecule has 1 saturated heterocycles. The van der Waals surface area contributed by atoms with Gasteiger partial charge in [0.2, 0.25) is 53.2 Å². The lowest BCUT2D eigenvalue weighted by Gasteiger charge is -2.30. The van der Waals surface area contributed by atoms with Gasteiger partial charge < -0.3 is 69.5 Å². The Morgan fingerprint density at radius 2 is 1.22 bits per heavy atom. The number of benzene rings is 2. The standard InChI is InChI=1S/C50H75N11O12S/c1-28(2)21-34(44(66)54-26-42(64)55-35(23-30-11-6-5-7-12-30)45(67)59-38(50(72)73)22-29(3)4)57-47(69)39(27-74)60-48(70)40-14-10-20-61(40)49(71)37(25-41(53)63)58-46(68)36(24-31-15-17-32(62)18-16-31)56-43(65)33(52)13-8-9-19-51/h5-7,11-12,15-18,28-29,33-40,62,74H,8-10,13-14,19-27,51-52H2,1-4H3,(H2,53,63)(H,54,66)(H,55,64)(H,56,65)(H,57,69)(H,58,68)(H,59,67)(H,60,70)(H,72,73)/t33-,34-,35-,36-,37-,38-,39-,40-/m0/s1. The Kier molecular flexibility index (Phi) is 25.8. The number of carbonyl (C=O) groups is 10. The first kappa shape index (κ1) is 61.5. The van der Waals surface area contributed by atoms with Crippen LogP contribution in [0.2, 0.25) is 0 Å². The molecule has 3 rings (SSSR count). The molecule has 15 N–H and O–H groups in total. The number of carbonyl (C=O) groups excluding carboxylic acids is 9. The van der Waals surface area contributed by atoms with E-state index in [0.717, 1.165) is 4.90 Å². The molecular formula is C50H75N11O12S. The van der Waals surface area contributed by atoms with Gasteiger partial charge in [-0.25, -0.2) is 4.79 Å². The van der Waals surface area contributed by atoms with Crippen LogP contribution in [0.1, 0.15) is 90.2 Å². The number of thiol groups is 1. The minimum Gasteiger partial charge on any atom is -0.508 e. The van der Waals surface area contributed by atoms with Gasteiger partial charge >= 0.3 is 5.97 Å². The Morgan fingerprint density at radius 1 is 0.676 bits per heavy atom. The first-order valence-corrected chi connectivity index (χ1v) is 25.4. The number of aliphatic carboxylic acids is 1. The van der Waals surface area contributed by atoms with Crippen LogP contribution in [-0.4, -0.2) is 148 Å². The third kappa shape index (κ3) is 21.0. The Hall–Kier alpha value is -6.79. The van der Waals surface area contributed by atoms with Crippen LogP contribution in [0.25, 0.3) is 0 Å². The highest BCUT2D eigenvalue weighted by Crippen LogP contribution is 2.21. The van der Waals surface area contributed by atoms with Gasteiger partial charge in [0.1, 0.15) is 48.0 Å². The molecule has 24 heteroatoms. The number of unbranched alkanes of at least 4 members (excludes halogenated alkanes) is 1. The highest BCUT2D eigenvalue weighted by atomic mass is 32.1. The van der Waals surface area contributed by atoms with Gasteiger partial charge in [-0.3, -0.25) is 43.2 Å². The van der Waals surface area contributed by atoms with Gasteiger partial charge in [0, 0.05) is 25.1 Å². The van der Waals surface area contributed by atoms with Gasteiger partial charge in [-0.15, -0.1) is 0 Å². The lowest BCUT2D eigenvalue weighted by molar-refractivity contribution is -0.143. The van der Waals surface area contributed by atoms with Crippen LogP contribution in [0.5, 0.6) is 5.75 Å². The van der Waals surface area contributed by atoms with Crippen molar-refractivity contribution in [2.24, 2.45) is 29.0 Å². The van der Waals surface area contributed by atoms with Gasteiger partial charge in [0.15, 0.2) is 0 Å². The maximum absolute atomic E-state index is 14.2. The lowest BCUT2D eigenvalue weighted by atomic mass is 10.0. The number of primary amides is 1. The van der Waals surface area contributed by atoms with Crippen molar-refractivity contribution in [2.75, 3.05) is 25.4 Å². The fourth-order valence-electron chi connectivity index (χ4n) is 8.17. The monoisotopic (exact) mass is 1050 g/mol. The van der Waals surface area contributed by atoms with Crippen molar-refractivity contribution in [3.63, 3.8) is 0 Å². The molecule has 1 fully saturated rings. The largest absolute Gasteiger partial charge is 0.508 e. The second kappa shape index (κ2) is 31.1. The summed E-state index contributed by atoms with van der Waals surface area (Å²) in [5, 5.41) is 37.4. The van der Waals surface area contributed by atoms with Crippen molar-refractivity contribution < 1.29 is 58.2 Å². The van der Waals surface area contributed by atoms with Crippen molar-refractivity contribution in [3.8, 4) is 5.75 Å². The number of amides is 9. The van der Waals surface area contributed by atoms with Gasteiger partial charge in [-0.2, -0.15) is 12.6 Å². The second-order valence-corrected chi connectivity index (χ2v) is 19.6. The van der Waals surface area contributed by atoms with Crippen molar-refractivity contribution in [3.05, 3.63) is 65.7 Å². The van der Waals surface area contributed by atoms with E-state index in [1.807, 2.05) is 0 Å². The third-order valence-electron chi connectivity index (χ3n) is 12.0. The summed E-state index contributed by atoms with van der Waals surface area (Å²) in [5.41, 5.74) is 18.4. The van der Waals surface area contributed by atoms with Gasteiger partial charge in [0.25, 0.3) is 0 Å². The van der Waals surface area contributed by atoms with Crippen LogP contribution in [0.15, 0.2) is 54.6 Å². The molecule has 9 amide bonds. The van der Waals surface area contributed by atoms with Crippen LogP contribution in [0.3, 0.4) is 0 Å². The number of phenolic OH excluding ortho intramolecular Hbond substituents is 1. The summed E-state index contributed by atoms with van der Waals surface area (Å²) in [7, 11) is 0. The molecule has 2 aromatic carbocycles. The molecule has 8 atom stereocenters. The third-order valence-corrected chi connectivity index (χ3v) is 12.4. The Morgan fingerprint density at radius 3 is 1.78 bits per heavy atom. The number of nitrogens with two attached hydrogens (primary N) is 3. The number of aromatic hydroxyl groups is 1. The van der Waals surface area contributed by atoms with Crippen LogP contribution < -0.4 is 54.4 Å². The highest BCUT2D eigenvalue weighted by molar-refractivity contribution is 7.80. The van der Waals surface area contributed by atoms with E-state index in [1.54, 1.807) is 58.0 Å². The smallest absolute Gasteiger partial charge is 0.326 e. The molecule has 0 unspecified atom stereocenters. The predicted molar refractivity (Wildman–Crippen MR) is 276 cm³/mol. The number of likely N-dealkylation sites (tertiary alicyclic amines) is 1. The molecule has 408 valence electrons. The van der Waals surface area contributed by atoms with Crippen LogP contribution >= 0.6 is 12.6 Å². The zero-order chi connectivity index (χ0) is 55.1. The minimum absolute atomic E-state index is 0.0115. The number of carboxylic acid groups (broad SMARTS) is 1. The number of nitrogens with zero attached hydrogens (tertiary/aromatic N) is 1. The molecule has 74 heavy (non-hydrogen) atoms. The van der Waals surface area contributed by atoms with E-state index in [-0.39, 0.29) is 68.4 Å². The van der Waals surface area contributed by atoms with Crippen LogP contribution in [-0.2, 0) is 60.8 Å². The number of phenols is 1. The number of carboxylic acids is 1. The average Bonchev–Trinajstić information content (AvgIpc) is 3.84. The molecule has 0 aliphatic carbocycles. The molecular weight excluding hydrogens is 979 g/mol.